The Balaban J connectivity index is 1.56. The van der Waals surface area contributed by atoms with Gasteiger partial charge in [0, 0.05) is 31.5 Å². The van der Waals surface area contributed by atoms with Gasteiger partial charge in [-0.1, -0.05) is 44.2 Å². The molecule has 3 rings (SSSR count). The van der Waals surface area contributed by atoms with Crippen LogP contribution in [0, 0.1) is 5.92 Å². The fraction of sp³-hybridized carbons (Fsp3) is 0.682. The van der Waals surface area contributed by atoms with Gasteiger partial charge in [-0.2, -0.15) is 0 Å². The summed E-state index contributed by atoms with van der Waals surface area (Å²) in [5.41, 5.74) is 1.14. The monoisotopic (exact) mass is 390 g/mol. The van der Waals surface area contributed by atoms with Crippen molar-refractivity contribution in [2.75, 3.05) is 26.4 Å². The van der Waals surface area contributed by atoms with Gasteiger partial charge in [0.25, 0.3) is 0 Å². The van der Waals surface area contributed by atoms with Crippen LogP contribution in [0.2, 0.25) is 0 Å². The molecular weight excluding hydrogens is 356 g/mol. The molecule has 156 valence electrons. The van der Waals surface area contributed by atoms with Gasteiger partial charge in [0.2, 0.25) is 5.91 Å². The van der Waals surface area contributed by atoms with Crippen LogP contribution in [0.3, 0.4) is 0 Å². The second-order valence-corrected chi connectivity index (χ2v) is 8.33. The number of rotatable bonds is 8. The Morgan fingerprint density at radius 3 is 2.43 bits per heavy atom. The van der Waals surface area contributed by atoms with Crippen LogP contribution in [0.5, 0.6) is 0 Å². The lowest BCUT2D eigenvalue weighted by Crippen LogP contribution is -2.50. The molecule has 1 heterocycles. The minimum atomic E-state index is -0.403. The van der Waals surface area contributed by atoms with Crippen LogP contribution in [0.4, 0.5) is 0 Å². The average Bonchev–Trinajstić information content (AvgIpc) is 3.13. The van der Waals surface area contributed by atoms with Crippen LogP contribution < -0.4 is 5.32 Å². The van der Waals surface area contributed by atoms with Crippen molar-refractivity contribution in [2.45, 2.75) is 63.9 Å². The smallest absolute Gasteiger partial charge is 0.234 e. The number of aliphatic hydroxyl groups is 1. The number of ether oxygens (including phenoxy) is 2. The van der Waals surface area contributed by atoms with Crippen LogP contribution in [0.25, 0.3) is 0 Å². The molecule has 0 radical (unpaired) electrons. The maximum Gasteiger partial charge on any atom is 0.234 e. The van der Waals surface area contributed by atoms with Gasteiger partial charge in [-0.3, -0.25) is 9.69 Å². The van der Waals surface area contributed by atoms with Gasteiger partial charge in [-0.25, -0.2) is 0 Å². The maximum atomic E-state index is 12.8. The SMILES string of the molecule is CC(C)C(CO)N(CC(=O)NC1CCC2(CC1)OCCO2)Cc1ccccc1. The molecule has 6 heteroatoms. The van der Waals surface area contributed by atoms with E-state index in [9.17, 15) is 9.90 Å². The molecule has 1 saturated heterocycles. The van der Waals surface area contributed by atoms with Crippen molar-refractivity contribution >= 4 is 5.91 Å². The molecule has 1 aliphatic carbocycles. The lowest BCUT2D eigenvalue weighted by Gasteiger charge is -2.36. The highest BCUT2D eigenvalue weighted by Gasteiger charge is 2.40. The fourth-order valence-electron chi connectivity index (χ4n) is 4.30. The molecule has 1 saturated carbocycles. The van der Waals surface area contributed by atoms with Crippen LogP contribution in [0.15, 0.2) is 30.3 Å². The summed E-state index contributed by atoms with van der Waals surface area (Å²) < 4.78 is 11.5. The highest BCUT2D eigenvalue weighted by molar-refractivity contribution is 5.78. The Bertz CT molecular complexity index is 606. The van der Waals surface area contributed by atoms with Crippen molar-refractivity contribution in [3.05, 3.63) is 35.9 Å². The van der Waals surface area contributed by atoms with Crippen LogP contribution in [0.1, 0.15) is 45.1 Å². The van der Waals surface area contributed by atoms with E-state index in [1.165, 1.54) is 0 Å². The Morgan fingerprint density at radius 2 is 1.86 bits per heavy atom. The predicted molar refractivity (Wildman–Crippen MR) is 108 cm³/mol. The largest absolute Gasteiger partial charge is 0.395 e. The molecule has 1 amide bonds. The lowest BCUT2D eigenvalue weighted by atomic mass is 9.90. The number of amides is 1. The Hall–Kier alpha value is -1.47. The minimum absolute atomic E-state index is 0.0178. The first-order chi connectivity index (χ1) is 13.5. The molecule has 1 aromatic carbocycles. The molecule has 2 N–H and O–H groups in total. The summed E-state index contributed by atoms with van der Waals surface area (Å²) in [6.07, 6.45) is 3.41. The van der Waals surface area contributed by atoms with Gasteiger partial charge in [-0.15, -0.1) is 0 Å². The van der Waals surface area contributed by atoms with Gasteiger partial charge in [0.15, 0.2) is 5.79 Å². The fourth-order valence-corrected chi connectivity index (χ4v) is 4.30. The van der Waals surface area contributed by atoms with E-state index >= 15 is 0 Å². The molecule has 0 aromatic heterocycles. The maximum absolute atomic E-state index is 12.8. The topological polar surface area (TPSA) is 71.0 Å². The van der Waals surface area contributed by atoms with Crippen molar-refractivity contribution < 1.29 is 19.4 Å². The second-order valence-electron chi connectivity index (χ2n) is 8.33. The van der Waals surface area contributed by atoms with Crippen LogP contribution in [-0.2, 0) is 20.8 Å². The minimum Gasteiger partial charge on any atom is -0.395 e. The molecule has 28 heavy (non-hydrogen) atoms. The Morgan fingerprint density at radius 1 is 1.21 bits per heavy atom. The van der Waals surface area contributed by atoms with Crippen molar-refractivity contribution in [2.24, 2.45) is 5.92 Å². The third-order valence-corrected chi connectivity index (χ3v) is 5.93. The average molecular weight is 391 g/mol. The third-order valence-electron chi connectivity index (χ3n) is 5.93. The number of nitrogens with zero attached hydrogens (tertiary/aromatic N) is 1. The summed E-state index contributed by atoms with van der Waals surface area (Å²) in [4.78, 5) is 14.9. The normalized spacial score (nSPS) is 20.8. The highest BCUT2D eigenvalue weighted by atomic mass is 16.7. The van der Waals surface area contributed by atoms with E-state index in [1.807, 2.05) is 18.2 Å². The molecule has 2 fully saturated rings. The number of hydrogen-bond acceptors (Lipinski definition) is 5. The summed E-state index contributed by atoms with van der Waals surface area (Å²) in [6, 6.07) is 10.2. The molecule has 1 atom stereocenters. The van der Waals surface area contributed by atoms with Gasteiger partial charge >= 0.3 is 0 Å². The molecule has 1 aromatic rings. The molecule has 1 spiro atoms. The summed E-state index contributed by atoms with van der Waals surface area (Å²) in [6.45, 7) is 6.48. The predicted octanol–water partition coefficient (Wildman–Crippen LogP) is 2.31. The van der Waals surface area contributed by atoms with Crippen molar-refractivity contribution in [1.29, 1.82) is 0 Å². The number of aliphatic hydroxyl groups excluding tert-OH is 1. The van der Waals surface area contributed by atoms with E-state index in [4.69, 9.17) is 9.47 Å². The first kappa shape index (κ1) is 21.2. The zero-order valence-corrected chi connectivity index (χ0v) is 17.1. The van der Waals surface area contributed by atoms with E-state index in [1.54, 1.807) is 0 Å². The van der Waals surface area contributed by atoms with Gasteiger partial charge in [0.05, 0.1) is 26.4 Å². The first-order valence-corrected chi connectivity index (χ1v) is 10.5. The summed E-state index contributed by atoms with van der Waals surface area (Å²) >= 11 is 0. The molecule has 2 aliphatic rings. The highest BCUT2D eigenvalue weighted by Crippen LogP contribution is 2.35. The van der Waals surface area contributed by atoms with Gasteiger partial charge in [-0.05, 0) is 24.3 Å². The number of nitrogens with one attached hydrogen (secondary N) is 1. The number of carbonyl (C=O) groups is 1. The molecule has 6 nitrogen and oxygen atoms in total. The van der Waals surface area contributed by atoms with E-state index < -0.39 is 5.79 Å². The second kappa shape index (κ2) is 9.83. The van der Waals surface area contributed by atoms with E-state index in [2.05, 4.69) is 36.2 Å². The van der Waals surface area contributed by atoms with Crippen LogP contribution >= 0.6 is 0 Å². The van der Waals surface area contributed by atoms with Gasteiger partial charge < -0.3 is 19.9 Å². The standard InChI is InChI=1S/C22H34N2O4/c1-17(2)20(16-25)24(14-18-6-4-3-5-7-18)15-21(26)23-19-8-10-22(11-9-19)27-12-13-28-22/h3-7,17,19-20,25H,8-16H2,1-2H3,(H,23,26). The Labute approximate surface area is 168 Å². The summed E-state index contributed by atoms with van der Waals surface area (Å²) in [7, 11) is 0. The Kier molecular flexibility index (Phi) is 7.46. The van der Waals surface area contributed by atoms with E-state index in [0.717, 1.165) is 31.2 Å². The lowest BCUT2D eigenvalue weighted by molar-refractivity contribution is -0.180. The van der Waals surface area contributed by atoms with E-state index in [-0.39, 0.29) is 37.1 Å². The number of hydrogen-bond donors (Lipinski definition) is 2. The number of benzene rings is 1. The summed E-state index contributed by atoms with van der Waals surface area (Å²) in [5, 5.41) is 13.1. The van der Waals surface area contributed by atoms with Crippen molar-refractivity contribution in [3.8, 4) is 0 Å². The van der Waals surface area contributed by atoms with Gasteiger partial charge in [0.1, 0.15) is 0 Å². The zero-order valence-electron chi connectivity index (χ0n) is 17.1. The number of carbonyl (C=O) groups excluding carboxylic acids is 1. The van der Waals surface area contributed by atoms with Crippen molar-refractivity contribution in [3.63, 3.8) is 0 Å². The van der Waals surface area contributed by atoms with Crippen LogP contribution in [-0.4, -0.2) is 60.1 Å². The quantitative estimate of drug-likeness (QED) is 0.713. The molecule has 0 bridgehead atoms. The third kappa shape index (κ3) is 5.54. The molecule has 1 unspecified atom stereocenters. The summed E-state index contributed by atoms with van der Waals surface area (Å²) in [5.74, 6) is -0.128. The first-order valence-electron chi connectivity index (χ1n) is 10.5. The molecular formula is C22H34N2O4. The molecule has 1 aliphatic heterocycles. The van der Waals surface area contributed by atoms with E-state index in [0.29, 0.717) is 19.8 Å². The van der Waals surface area contributed by atoms with Crippen molar-refractivity contribution in [1.82, 2.24) is 10.2 Å². The zero-order chi connectivity index (χ0) is 20.0.